The minimum atomic E-state index is -0.138. The fourth-order valence-corrected chi connectivity index (χ4v) is 4.94. The van der Waals surface area contributed by atoms with Gasteiger partial charge >= 0.3 is 0 Å². The summed E-state index contributed by atoms with van der Waals surface area (Å²) in [5.74, 6) is 1.71. The Morgan fingerprint density at radius 3 is 2.50 bits per heavy atom. The number of hydrogen-bond acceptors (Lipinski definition) is 4. The molecule has 5 nitrogen and oxygen atoms in total. The van der Waals surface area contributed by atoms with Gasteiger partial charge in [0.15, 0.2) is 0 Å². The van der Waals surface area contributed by atoms with E-state index < -0.39 is 0 Å². The smallest absolute Gasteiger partial charge is 0.242 e. The van der Waals surface area contributed by atoms with Gasteiger partial charge in [-0.15, -0.1) is 11.3 Å². The molecule has 0 bridgehead atoms. The van der Waals surface area contributed by atoms with Crippen molar-refractivity contribution in [3.63, 3.8) is 0 Å². The van der Waals surface area contributed by atoms with Crippen LogP contribution in [0.1, 0.15) is 69.0 Å². The Morgan fingerprint density at radius 2 is 1.88 bits per heavy atom. The molecule has 0 N–H and O–H groups in total. The second-order valence-electron chi connectivity index (χ2n) is 9.31. The van der Waals surface area contributed by atoms with Gasteiger partial charge in [-0.1, -0.05) is 39.8 Å². The van der Waals surface area contributed by atoms with Gasteiger partial charge in [-0.05, 0) is 59.4 Å². The third-order valence-electron chi connectivity index (χ3n) is 6.12. The predicted octanol–water partition coefficient (Wildman–Crippen LogP) is 5.27. The highest BCUT2D eigenvalue weighted by Crippen LogP contribution is 2.34. The number of rotatable bonds is 9. The SMILES string of the molecule is CC(=O)N(CCC(C)C)CC(=O)N1CCc2sccc2[C@H]1COc1ccc(C(C)C)cc1. The Kier molecular flexibility index (Phi) is 8.35. The van der Waals surface area contributed by atoms with Crippen LogP contribution in [0.15, 0.2) is 35.7 Å². The molecular weight excluding hydrogens is 420 g/mol. The standard InChI is InChI=1S/C26H36N2O3S/c1-18(2)10-13-27(20(5)29)16-26(30)28-14-11-25-23(12-15-32-25)24(28)17-31-22-8-6-21(7-9-22)19(3)4/h6-9,12,15,18-19,24H,10-11,13-14,16-17H2,1-5H3/t24-/m1/s1. The molecule has 0 unspecified atom stereocenters. The molecule has 1 aliphatic heterocycles. The number of benzene rings is 1. The van der Waals surface area contributed by atoms with Gasteiger partial charge in [0.05, 0.1) is 12.6 Å². The maximum Gasteiger partial charge on any atom is 0.242 e. The van der Waals surface area contributed by atoms with Gasteiger partial charge in [0.25, 0.3) is 0 Å². The Bertz CT molecular complexity index is 904. The molecule has 2 amide bonds. The lowest BCUT2D eigenvalue weighted by Crippen LogP contribution is -2.47. The summed E-state index contributed by atoms with van der Waals surface area (Å²) in [5, 5.41) is 2.09. The summed E-state index contributed by atoms with van der Waals surface area (Å²) in [6.45, 7) is 11.9. The molecule has 174 valence electrons. The van der Waals surface area contributed by atoms with Crippen LogP contribution >= 0.6 is 11.3 Å². The summed E-state index contributed by atoms with van der Waals surface area (Å²) < 4.78 is 6.15. The molecule has 0 radical (unpaired) electrons. The molecule has 0 aliphatic carbocycles. The summed E-state index contributed by atoms with van der Waals surface area (Å²) >= 11 is 1.74. The van der Waals surface area contributed by atoms with E-state index in [4.69, 9.17) is 4.74 Å². The number of hydrogen-bond donors (Lipinski definition) is 0. The van der Waals surface area contributed by atoms with Crippen LogP contribution in [0.2, 0.25) is 0 Å². The number of amides is 2. The van der Waals surface area contributed by atoms with Crippen LogP contribution in [0.4, 0.5) is 0 Å². The Hall–Kier alpha value is -2.34. The van der Waals surface area contributed by atoms with Crippen LogP contribution in [-0.2, 0) is 16.0 Å². The largest absolute Gasteiger partial charge is 0.491 e. The number of nitrogens with zero attached hydrogens (tertiary/aromatic N) is 2. The summed E-state index contributed by atoms with van der Waals surface area (Å²) in [6.07, 6.45) is 1.74. The number of carbonyl (C=O) groups excluding carboxylic acids is 2. The first-order valence-electron chi connectivity index (χ1n) is 11.6. The fourth-order valence-electron chi connectivity index (χ4n) is 4.01. The number of thiophene rings is 1. The summed E-state index contributed by atoms with van der Waals surface area (Å²) in [6, 6.07) is 10.2. The zero-order chi connectivity index (χ0) is 23.3. The van der Waals surface area contributed by atoms with Crippen molar-refractivity contribution >= 4 is 23.2 Å². The minimum absolute atomic E-state index is 0.00966. The second kappa shape index (κ2) is 11.0. The number of ether oxygens (including phenoxy) is 1. The molecule has 1 aliphatic rings. The topological polar surface area (TPSA) is 49.9 Å². The molecule has 3 rings (SSSR count). The molecule has 0 fully saturated rings. The predicted molar refractivity (Wildman–Crippen MR) is 130 cm³/mol. The lowest BCUT2D eigenvalue weighted by Gasteiger charge is -2.37. The second-order valence-corrected chi connectivity index (χ2v) is 10.3. The first-order valence-corrected chi connectivity index (χ1v) is 12.5. The van der Waals surface area contributed by atoms with E-state index in [-0.39, 0.29) is 24.4 Å². The zero-order valence-electron chi connectivity index (χ0n) is 20.0. The van der Waals surface area contributed by atoms with Crippen LogP contribution in [0, 0.1) is 5.92 Å². The van der Waals surface area contributed by atoms with E-state index in [0.717, 1.165) is 18.6 Å². The summed E-state index contributed by atoms with van der Waals surface area (Å²) in [4.78, 5) is 30.3. The average Bonchev–Trinajstić information content (AvgIpc) is 3.23. The first-order chi connectivity index (χ1) is 15.3. The average molecular weight is 457 g/mol. The highest BCUT2D eigenvalue weighted by Gasteiger charge is 2.33. The Labute approximate surface area is 196 Å². The monoisotopic (exact) mass is 456 g/mol. The molecule has 0 saturated heterocycles. The molecule has 0 spiro atoms. The van der Waals surface area contributed by atoms with Gasteiger partial charge in [0.1, 0.15) is 12.4 Å². The van der Waals surface area contributed by atoms with E-state index in [9.17, 15) is 9.59 Å². The van der Waals surface area contributed by atoms with Crippen molar-refractivity contribution in [2.45, 2.75) is 59.4 Å². The van der Waals surface area contributed by atoms with Crippen molar-refractivity contribution in [1.29, 1.82) is 0 Å². The quantitative estimate of drug-likeness (QED) is 0.516. The maximum absolute atomic E-state index is 13.3. The highest BCUT2D eigenvalue weighted by molar-refractivity contribution is 7.10. The molecular formula is C26H36N2O3S. The molecule has 6 heteroatoms. The molecule has 1 atom stereocenters. The third kappa shape index (κ3) is 6.12. The van der Waals surface area contributed by atoms with Crippen molar-refractivity contribution in [2.24, 2.45) is 5.92 Å². The van der Waals surface area contributed by atoms with Gasteiger partial charge < -0.3 is 14.5 Å². The Morgan fingerprint density at radius 1 is 1.16 bits per heavy atom. The molecule has 0 saturated carbocycles. The minimum Gasteiger partial charge on any atom is -0.491 e. The lowest BCUT2D eigenvalue weighted by atomic mass is 10.00. The van der Waals surface area contributed by atoms with Crippen LogP contribution in [0.25, 0.3) is 0 Å². The summed E-state index contributed by atoms with van der Waals surface area (Å²) in [5.41, 5.74) is 2.45. The fraction of sp³-hybridized carbons (Fsp3) is 0.538. The van der Waals surface area contributed by atoms with E-state index in [1.54, 1.807) is 23.2 Å². The van der Waals surface area contributed by atoms with E-state index >= 15 is 0 Å². The maximum atomic E-state index is 13.3. The van der Waals surface area contributed by atoms with Crippen LogP contribution < -0.4 is 4.74 Å². The third-order valence-corrected chi connectivity index (χ3v) is 7.11. The van der Waals surface area contributed by atoms with E-state index in [0.29, 0.717) is 31.5 Å². The van der Waals surface area contributed by atoms with Gasteiger partial charge in [-0.3, -0.25) is 9.59 Å². The van der Waals surface area contributed by atoms with E-state index in [1.165, 1.54) is 16.0 Å². The normalized spacial score (nSPS) is 15.7. The van der Waals surface area contributed by atoms with E-state index in [2.05, 4.69) is 51.3 Å². The number of carbonyl (C=O) groups is 2. The van der Waals surface area contributed by atoms with Crippen molar-refractivity contribution < 1.29 is 14.3 Å². The van der Waals surface area contributed by atoms with Crippen molar-refractivity contribution in [1.82, 2.24) is 9.80 Å². The van der Waals surface area contributed by atoms with Crippen LogP contribution in [-0.4, -0.2) is 47.9 Å². The van der Waals surface area contributed by atoms with Gasteiger partial charge in [-0.2, -0.15) is 0 Å². The van der Waals surface area contributed by atoms with Gasteiger partial charge in [0, 0.05) is 24.9 Å². The van der Waals surface area contributed by atoms with Gasteiger partial charge in [0.2, 0.25) is 11.8 Å². The molecule has 1 aromatic heterocycles. The van der Waals surface area contributed by atoms with Crippen LogP contribution in [0.5, 0.6) is 5.75 Å². The first kappa shape index (κ1) is 24.3. The Balaban J connectivity index is 1.72. The van der Waals surface area contributed by atoms with Crippen molar-refractivity contribution in [3.8, 4) is 5.75 Å². The van der Waals surface area contributed by atoms with E-state index in [1.807, 2.05) is 17.0 Å². The molecule has 32 heavy (non-hydrogen) atoms. The summed E-state index contributed by atoms with van der Waals surface area (Å²) in [7, 11) is 0. The van der Waals surface area contributed by atoms with Crippen LogP contribution in [0.3, 0.4) is 0 Å². The molecule has 2 aromatic rings. The molecule has 2 heterocycles. The lowest BCUT2D eigenvalue weighted by molar-refractivity contribution is -0.142. The zero-order valence-corrected chi connectivity index (χ0v) is 20.8. The molecule has 1 aromatic carbocycles. The van der Waals surface area contributed by atoms with Crippen molar-refractivity contribution in [2.75, 3.05) is 26.2 Å². The number of fused-ring (bicyclic) bond motifs is 1. The van der Waals surface area contributed by atoms with Crippen molar-refractivity contribution in [3.05, 3.63) is 51.7 Å². The van der Waals surface area contributed by atoms with Gasteiger partial charge in [-0.25, -0.2) is 0 Å². The highest BCUT2D eigenvalue weighted by atomic mass is 32.1.